The molecule has 2 rings (SSSR count). The van der Waals surface area contributed by atoms with Crippen molar-refractivity contribution in [1.82, 2.24) is 5.32 Å². The second-order valence-electron chi connectivity index (χ2n) is 5.10. The van der Waals surface area contributed by atoms with Crippen LogP contribution in [0.15, 0.2) is 42.5 Å². The van der Waals surface area contributed by atoms with E-state index in [1.165, 1.54) is 22.8 Å². The van der Waals surface area contributed by atoms with Crippen LogP contribution >= 0.6 is 0 Å². The number of rotatable bonds is 4. The first-order valence-electron chi connectivity index (χ1n) is 6.58. The van der Waals surface area contributed by atoms with E-state index in [1.54, 1.807) is 12.1 Å². The van der Waals surface area contributed by atoms with Crippen LogP contribution in [0.2, 0.25) is 0 Å². The van der Waals surface area contributed by atoms with Crippen molar-refractivity contribution in [2.45, 2.75) is 26.3 Å². The summed E-state index contributed by atoms with van der Waals surface area (Å²) in [6.07, 6.45) is 0.789. The molecule has 0 aromatic heterocycles. The number of benzene rings is 2. The Kier molecular flexibility index (Phi) is 4.33. The zero-order valence-electron chi connectivity index (χ0n) is 11.7. The van der Waals surface area contributed by atoms with Crippen molar-refractivity contribution in [3.05, 3.63) is 70.5 Å². The lowest BCUT2D eigenvalue weighted by Crippen LogP contribution is -2.19. The van der Waals surface area contributed by atoms with Gasteiger partial charge in [-0.15, -0.1) is 0 Å². The molecule has 0 saturated carbocycles. The standard InChI is InChI=1S/C17H20FN/c1-12-7-13(2)9-15(8-12)17(19-3)11-14-5-4-6-16(18)10-14/h4-10,17,19H,11H2,1-3H3. The number of hydrogen-bond acceptors (Lipinski definition) is 1. The molecule has 0 aliphatic heterocycles. The molecular formula is C17H20FN. The minimum atomic E-state index is -0.173. The van der Waals surface area contributed by atoms with Crippen molar-refractivity contribution in [3.63, 3.8) is 0 Å². The van der Waals surface area contributed by atoms with Gasteiger partial charge in [-0.1, -0.05) is 41.5 Å². The first-order valence-corrected chi connectivity index (χ1v) is 6.58. The smallest absolute Gasteiger partial charge is 0.123 e. The largest absolute Gasteiger partial charge is 0.313 e. The lowest BCUT2D eigenvalue weighted by molar-refractivity contribution is 0.583. The van der Waals surface area contributed by atoms with Gasteiger partial charge in [0.15, 0.2) is 0 Å². The molecule has 0 radical (unpaired) electrons. The fourth-order valence-electron chi connectivity index (χ4n) is 2.50. The zero-order chi connectivity index (χ0) is 13.8. The van der Waals surface area contributed by atoms with E-state index in [0.29, 0.717) is 0 Å². The van der Waals surface area contributed by atoms with Crippen LogP contribution in [0.3, 0.4) is 0 Å². The third-order valence-corrected chi connectivity index (χ3v) is 3.32. The SMILES string of the molecule is CNC(Cc1cccc(F)c1)c1cc(C)cc(C)c1. The van der Waals surface area contributed by atoms with Gasteiger partial charge in [-0.25, -0.2) is 4.39 Å². The lowest BCUT2D eigenvalue weighted by Gasteiger charge is -2.18. The summed E-state index contributed by atoms with van der Waals surface area (Å²) in [5, 5.41) is 3.32. The lowest BCUT2D eigenvalue weighted by atomic mass is 9.96. The molecule has 0 aliphatic rings. The maximum Gasteiger partial charge on any atom is 0.123 e. The van der Waals surface area contributed by atoms with Crippen molar-refractivity contribution >= 4 is 0 Å². The molecule has 1 unspecified atom stereocenters. The molecule has 100 valence electrons. The Bertz CT molecular complexity index is 543. The van der Waals surface area contributed by atoms with E-state index >= 15 is 0 Å². The van der Waals surface area contributed by atoms with E-state index in [0.717, 1.165) is 12.0 Å². The van der Waals surface area contributed by atoms with Crippen LogP contribution in [0.1, 0.15) is 28.3 Å². The molecule has 0 spiro atoms. The predicted molar refractivity (Wildman–Crippen MR) is 77.8 cm³/mol. The van der Waals surface area contributed by atoms with E-state index < -0.39 is 0 Å². The van der Waals surface area contributed by atoms with Gasteiger partial charge < -0.3 is 5.32 Å². The minimum absolute atomic E-state index is 0.173. The Hall–Kier alpha value is -1.67. The highest BCUT2D eigenvalue weighted by molar-refractivity contribution is 5.32. The molecule has 2 heteroatoms. The summed E-state index contributed by atoms with van der Waals surface area (Å²) in [7, 11) is 1.95. The second kappa shape index (κ2) is 5.98. The van der Waals surface area contributed by atoms with Crippen LogP contribution in [0, 0.1) is 19.7 Å². The van der Waals surface area contributed by atoms with Crippen LogP contribution < -0.4 is 5.32 Å². The Morgan fingerprint density at radius 1 is 1.05 bits per heavy atom. The highest BCUT2D eigenvalue weighted by Gasteiger charge is 2.11. The fraction of sp³-hybridized carbons (Fsp3) is 0.294. The summed E-state index contributed by atoms with van der Waals surface area (Å²) in [4.78, 5) is 0. The van der Waals surface area contributed by atoms with Crippen LogP contribution in [-0.4, -0.2) is 7.05 Å². The summed E-state index contributed by atoms with van der Waals surface area (Å²) < 4.78 is 13.2. The molecule has 1 nitrogen and oxygen atoms in total. The van der Waals surface area contributed by atoms with Gasteiger partial charge >= 0.3 is 0 Å². The van der Waals surface area contributed by atoms with Gasteiger partial charge in [0, 0.05) is 6.04 Å². The Labute approximate surface area is 114 Å². The first kappa shape index (κ1) is 13.8. The van der Waals surface area contributed by atoms with Crippen molar-refractivity contribution in [3.8, 4) is 0 Å². The number of hydrogen-bond donors (Lipinski definition) is 1. The van der Waals surface area contributed by atoms with E-state index in [-0.39, 0.29) is 11.9 Å². The van der Waals surface area contributed by atoms with Gasteiger partial charge in [-0.2, -0.15) is 0 Å². The van der Waals surface area contributed by atoms with Gasteiger partial charge in [-0.3, -0.25) is 0 Å². The molecule has 0 bridgehead atoms. The molecule has 0 heterocycles. The molecule has 0 saturated heterocycles. The van der Waals surface area contributed by atoms with Gasteiger partial charge in [0.05, 0.1) is 0 Å². The van der Waals surface area contributed by atoms with Crippen LogP contribution in [-0.2, 0) is 6.42 Å². The van der Waals surface area contributed by atoms with Crippen molar-refractivity contribution < 1.29 is 4.39 Å². The van der Waals surface area contributed by atoms with Crippen LogP contribution in [0.25, 0.3) is 0 Å². The molecular weight excluding hydrogens is 237 g/mol. The molecule has 1 atom stereocenters. The molecule has 2 aromatic carbocycles. The van der Waals surface area contributed by atoms with Gasteiger partial charge in [0.25, 0.3) is 0 Å². The van der Waals surface area contributed by atoms with Gasteiger partial charge in [-0.05, 0) is 50.6 Å². The maximum atomic E-state index is 13.2. The van der Waals surface area contributed by atoms with Crippen molar-refractivity contribution in [2.75, 3.05) is 7.05 Å². The monoisotopic (exact) mass is 257 g/mol. The Morgan fingerprint density at radius 2 is 1.74 bits per heavy atom. The number of likely N-dealkylation sites (N-methyl/N-ethyl adjacent to an activating group) is 1. The minimum Gasteiger partial charge on any atom is -0.313 e. The normalized spacial score (nSPS) is 12.4. The number of aryl methyl sites for hydroxylation is 2. The third kappa shape index (κ3) is 3.65. The van der Waals surface area contributed by atoms with Crippen molar-refractivity contribution in [1.29, 1.82) is 0 Å². The second-order valence-corrected chi connectivity index (χ2v) is 5.10. The van der Waals surface area contributed by atoms with Crippen molar-refractivity contribution in [2.24, 2.45) is 0 Å². The predicted octanol–water partition coefficient (Wildman–Crippen LogP) is 3.95. The maximum absolute atomic E-state index is 13.2. The molecule has 0 aliphatic carbocycles. The summed E-state index contributed by atoms with van der Waals surface area (Å²) in [5.74, 6) is -0.173. The molecule has 2 aromatic rings. The number of halogens is 1. The van der Waals surface area contributed by atoms with E-state index in [2.05, 4.69) is 37.4 Å². The third-order valence-electron chi connectivity index (χ3n) is 3.32. The molecule has 0 amide bonds. The van der Waals surface area contributed by atoms with Gasteiger partial charge in [0.1, 0.15) is 5.82 Å². The number of nitrogens with one attached hydrogen (secondary N) is 1. The molecule has 19 heavy (non-hydrogen) atoms. The van der Waals surface area contributed by atoms with Crippen LogP contribution in [0.4, 0.5) is 4.39 Å². The summed E-state index contributed by atoms with van der Waals surface area (Å²) >= 11 is 0. The highest BCUT2D eigenvalue weighted by atomic mass is 19.1. The van der Waals surface area contributed by atoms with Gasteiger partial charge in [0.2, 0.25) is 0 Å². The van der Waals surface area contributed by atoms with E-state index in [9.17, 15) is 4.39 Å². The topological polar surface area (TPSA) is 12.0 Å². The average Bonchev–Trinajstić information content (AvgIpc) is 2.34. The highest BCUT2D eigenvalue weighted by Crippen LogP contribution is 2.21. The molecule has 0 fully saturated rings. The fourth-order valence-corrected chi connectivity index (χ4v) is 2.50. The first-order chi connectivity index (χ1) is 9.08. The van der Waals surface area contributed by atoms with E-state index in [4.69, 9.17) is 0 Å². The van der Waals surface area contributed by atoms with Crippen LogP contribution in [0.5, 0.6) is 0 Å². The summed E-state index contributed by atoms with van der Waals surface area (Å²) in [6, 6.07) is 13.6. The Balaban J connectivity index is 2.24. The Morgan fingerprint density at radius 3 is 2.32 bits per heavy atom. The summed E-state index contributed by atoms with van der Waals surface area (Å²) in [6.45, 7) is 4.21. The molecule has 1 N–H and O–H groups in total. The van der Waals surface area contributed by atoms with E-state index in [1.807, 2.05) is 13.1 Å². The average molecular weight is 257 g/mol. The zero-order valence-corrected chi connectivity index (χ0v) is 11.7. The quantitative estimate of drug-likeness (QED) is 0.874. The summed E-state index contributed by atoms with van der Waals surface area (Å²) in [5.41, 5.74) is 4.78.